The van der Waals surface area contributed by atoms with Gasteiger partial charge in [0.05, 0.1) is 0 Å². The number of halogens is 1. The molecule has 1 aromatic rings. The molecule has 12 heavy (non-hydrogen) atoms. The molecule has 0 bridgehead atoms. The summed E-state index contributed by atoms with van der Waals surface area (Å²) < 4.78 is 0. The summed E-state index contributed by atoms with van der Waals surface area (Å²) >= 11 is 5.95. The molecule has 0 aromatic heterocycles. The molecule has 1 saturated heterocycles. The van der Waals surface area contributed by atoms with Crippen molar-refractivity contribution in [1.29, 1.82) is 0 Å². The molecule has 1 fully saturated rings. The summed E-state index contributed by atoms with van der Waals surface area (Å²) in [4.78, 5) is 0. The summed E-state index contributed by atoms with van der Waals surface area (Å²) in [5.41, 5.74) is 0.887. The topological polar surface area (TPSA) is 32.3 Å². The van der Waals surface area contributed by atoms with Gasteiger partial charge in [-0.15, -0.1) is 0 Å². The van der Waals surface area contributed by atoms with Crippen LogP contribution < -0.4 is 5.32 Å². The zero-order chi connectivity index (χ0) is 8.55. The van der Waals surface area contributed by atoms with Crippen LogP contribution in [0, 0.1) is 0 Å². The van der Waals surface area contributed by atoms with Crippen LogP contribution in [-0.4, -0.2) is 18.2 Å². The predicted octanol–water partition coefficient (Wildman–Crippen LogP) is 1.73. The van der Waals surface area contributed by atoms with Crippen molar-refractivity contribution in [2.75, 3.05) is 13.1 Å². The fourth-order valence-corrected chi connectivity index (χ4v) is 1.75. The Hall–Kier alpha value is -0.730. The number of aromatic hydroxyl groups is 1. The van der Waals surface area contributed by atoms with E-state index in [1.807, 2.05) is 6.07 Å². The fourth-order valence-electron chi connectivity index (χ4n) is 1.42. The first-order chi connectivity index (χ1) is 5.79. The highest BCUT2D eigenvalue weighted by Gasteiger charge is 2.23. The van der Waals surface area contributed by atoms with Gasteiger partial charge in [-0.25, -0.2) is 0 Å². The van der Waals surface area contributed by atoms with Gasteiger partial charge in [-0.05, 0) is 12.1 Å². The van der Waals surface area contributed by atoms with Gasteiger partial charge in [-0.1, -0.05) is 17.7 Å². The van der Waals surface area contributed by atoms with Crippen molar-refractivity contribution in [3.8, 4) is 5.75 Å². The van der Waals surface area contributed by atoms with Crippen molar-refractivity contribution in [2.45, 2.75) is 5.92 Å². The Bertz CT molecular complexity index is 276. The fraction of sp³-hybridized carbons (Fsp3) is 0.333. The molecule has 1 aliphatic rings. The molecule has 64 valence electrons. The van der Waals surface area contributed by atoms with Crippen LogP contribution in [0.3, 0.4) is 0 Å². The maximum atomic E-state index is 9.51. The molecular formula is C9H10ClNO. The summed E-state index contributed by atoms with van der Waals surface area (Å²) in [6.07, 6.45) is 0. The Kier molecular flexibility index (Phi) is 1.95. The Labute approximate surface area is 76.2 Å². The predicted molar refractivity (Wildman–Crippen MR) is 48.7 cm³/mol. The van der Waals surface area contributed by atoms with Crippen LogP contribution >= 0.6 is 11.6 Å². The van der Waals surface area contributed by atoms with Crippen LogP contribution in [0.4, 0.5) is 0 Å². The number of benzene rings is 1. The quantitative estimate of drug-likeness (QED) is 0.695. The lowest BCUT2D eigenvalue weighted by Gasteiger charge is -2.28. The maximum Gasteiger partial charge on any atom is 0.120 e. The summed E-state index contributed by atoms with van der Waals surface area (Å²) in [6, 6.07) is 5.25. The summed E-state index contributed by atoms with van der Waals surface area (Å²) in [5.74, 6) is 0.702. The average molecular weight is 184 g/mol. The van der Waals surface area contributed by atoms with Gasteiger partial charge in [0.15, 0.2) is 0 Å². The van der Waals surface area contributed by atoms with Gasteiger partial charge in [0.1, 0.15) is 5.75 Å². The smallest absolute Gasteiger partial charge is 0.120 e. The Balaban J connectivity index is 2.39. The lowest BCUT2D eigenvalue weighted by atomic mass is 9.93. The van der Waals surface area contributed by atoms with E-state index >= 15 is 0 Å². The van der Waals surface area contributed by atoms with Crippen molar-refractivity contribution >= 4 is 11.6 Å². The van der Waals surface area contributed by atoms with E-state index in [1.165, 1.54) is 0 Å². The molecule has 0 amide bonds. The van der Waals surface area contributed by atoms with Gasteiger partial charge in [0.25, 0.3) is 0 Å². The molecule has 0 radical (unpaired) electrons. The number of hydrogen-bond donors (Lipinski definition) is 2. The normalized spacial score (nSPS) is 17.4. The molecule has 2 rings (SSSR count). The van der Waals surface area contributed by atoms with Gasteiger partial charge >= 0.3 is 0 Å². The maximum absolute atomic E-state index is 9.51. The van der Waals surface area contributed by atoms with Crippen molar-refractivity contribution in [2.24, 2.45) is 0 Å². The van der Waals surface area contributed by atoms with Crippen molar-refractivity contribution in [3.63, 3.8) is 0 Å². The molecule has 0 saturated carbocycles. The Morgan fingerprint density at radius 3 is 2.67 bits per heavy atom. The van der Waals surface area contributed by atoms with E-state index in [-0.39, 0.29) is 0 Å². The first-order valence-electron chi connectivity index (χ1n) is 3.97. The van der Waals surface area contributed by atoms with Crippen LogP contribution in [0.2, 0.25) is 5.02 Å². The highest BCUT2D eigenvalue weighted by Crippen LogP contribution is 2.34. The molecule has 1 aromatic carbocycles. The minimum atomic E-state index is 0.314. The van der Waals surface area contributed by atoms with Gasteiger partial charge in [0.2, 0.25) is 0 Å². The van der Waals surface area contributed by atoms with Crippen LogP contribution in [0.25, 0.3) is 0 Å². The number of nitrogens with one attached hydrogen (secondary N) is 1. The largest absolute Gasteiger partial charge is 0.508 e. The standard InChI is InChI=1S/C9H10ClNO/c10-7-2-1-3-8(12)9(7)6-4-11-5-6/h1-3,6,11-12H,4-5H2. The van der Waals surface area contributed by atoms with Crippen molar-refractivity contribution < 1.29 is 5.11 Å². The highest BCUT2D eigenvalue weighted by molar-refractivity contribution is 6.31. The van der Waals surface area contributed by atoms with Crippen LogP contribution in [0.5, 0.6) is 5.75 Å². The number of hydrogen-bond acceptors (Lipinski definition) is 2. The lowest BCUT2D eigenvalue weighted by Crippen LogP contribution is -2.40. The Morgan fingerprint density at radius 1 is 1.42 bits per heavy atom. The van der Waals surface area contributed by atoms with Crippen LogP contribution in [0.1, 0.15) is 11.5 Å². The van der Waals surface area contributed by atoms with E-state index < -0.39 is 0 Å². The molecule has 2 nitrogen and oxygen atoms in total. The van der Waals surface area contributed by atoms with E-state index in [9.17, 15) is 5.11 Å². The van der Waals surface area contributed by atoms with E-state index in [4.69, 9.17) is 11.6 Å². The van der Waals surface area contributed by atoms with Crippen LogP contribution in [-0.2, 0) is 0 Å². The first-order valence-corrected chi connectivity index (χ1v) is 4.35. The monoisotopic (exact) mass is 183 g/mol. The third-order valence-corrected chi connectivity index (χ3v) is 2.55. The molecule has 0 aliphatic carbocycles. The van der Waals surface area contributed by atoms with Gasteiger partial charge in [-0.2, -0.15) is 0 Å². The second-order valence-electron chi connectivity index (χ2n) is 3.03. The van der Waals surface area contributed by atoms with Crippen LogP contribution in [0.15, 0.2) is 18.2 Å². The molecule has 3 heteroatoms. The van der Waals surface area contributed by atoms with Gasteiger partial charge in [-0.3, -0.25) is 0 Å². The summed E-state index contributed by atoms with van der Waals surface area (Å²) in [7, 11) is 0. The van der Waals surface area contributed by atoms with Gasteiger partial charge in [0, 0.05) is 29.6 Å². The second-order valence-corrected chi connectivity index (χ2v) is 3.44. The average Bonchev–Trinajstić information content (AvgIpc) is 1.93. The number of phenols is 1. The Morgan fingerprint density at radius 2 is 2.17 bits per heavy atom. The third kappa shape index (κ3) is 1.17. The number of rotatable bonds is 1. The molecule has 2 N–H and O–H groups in total. The van der Waals surface area contributed by atoms with E-state index in [2.05, 4.69) is 5.32 Å². The molecule has 1 aliphatic heterocycles. The first kappa shape index (κ1) is 7.90. The zero-order valence-electron chi connectivity index (χ0n) is 6.55. The zero-order valence-corrected chi connectivity index (χ0v) is 7.30. The summed E-state index contributed by atoms with van der Waals surface area (Å²) in [6.45, 7) is 1.83. The van der Waals surface area contributed by atoms with Crippen molar-refractivity contribution in [3.05, 3.63) is 28.8 Å². The SMILES string of the molecule is Oc1cccc(Cl)c1C1CNC1. The minimum Gasteiger partial charge on any atom is -0.508 e. The molecule has 0 atom stereocenters. The summed E-state index contributed by atoms with van der Waals surface area (Å²) in [5, 5.41) is 13.3. The molecular weight excluding hydrogens is 174 g/mol. The minimum absolute atomic E-state index is 0.314. The molecule has 1 heterocycles. The van der Waals surface area contributed by atoms with E-state index in [0.29, 0.717) is 16.7 Å². The number of phenolic OH excluding ortho intramolecular Hbond substituents is 1. The van der Waals surface area contributed by atoms with E-state index in [0.717, 1.165) is 18.7 Å². The van der Waals surface area contributed by atoms with Gasteiger partial charge < -0.3 is 10.4 Å². The van der Waals surface area contributed by atoms with E-state index in [1.54, 1.807) is 12.1 Å². The molecule has 0 unspecified atom stereocenters. The molecule has 0 spiro atoms. The second kappa shape index (κ2) is 2.96. The van der Waals surface area contributed by atoms with Crippen molar-refractivity contribution in [1.82, 2.24) is 5.32 Å². The highest BCUT2D eigenvalue weighted by atomic mass is 35.5. The lowest BCUT2D eigenvalue weighted by molar-refractivity contribution is 0.413. The third-order valence-electron chi connectivity index (χ3n) is 2.22.